The summed E-state index contributed by atoms with van der Waals surface area (Å²) in [6, 6.07) is 7.87. The van der Waals surface area contributed by atoms with Gasteiger partial charge in [0.2, 0.25) is 5.91 Å². The van der Waals surface area contributed by atoms with Gasteiger partial charge < -0.3 is 9.84 Å². The van der Waals surface area contributed by atoms with Gasteiger partial charge >= 0.3 is 0 Å². The van der Waals surface area contributed by atoms with Gasteiger partial charge in [0.25, 0.3) is 0 Å². The largest absolute Gasteiger partial charge is 0.360 e. The van der Waals surface area contributed by atoms with E-state index in [2.05, 4.69) is 20.3 Å². The van der Waals surface area contributed by atoms with Gasteiger partial charge in [0.15, 0.2) is 5.76 Å². The van der Waals surface area contributed by atoms with Gasteiger partial charge in [-0.1, -0.05) is 11.2 Å². The van der Waals surface area contributed by atoms with Crippen LogP contribution in [0, 0.1) is 12.7 Å². The number of rotatable bonds is 5. The molecule has 0 spiro atoms. The number of halogens is 1. The fourth-order valence-corrected chi connectivity index (χ4v) is 2.79. The van der Waals surface area contributed by atoms with Gasteiger partial charge in [-0.2, -0.15) is 0 Å². The zero-order valence-corrected chi connectivity index (χ0v) is 13.7. The molecule has 6 nitrogen and oxygen atoms in total. The smallest absolute Gasteiger partial charge is 0.238 e. The fraction of sp³-hybridized carbons (Fsp3) is 0.412. The third-order valence-corrected chi connectivity index (χ3v) is 4.00. The molecule has 0 aliphatic carbocycles. The molecule has 0 bridgehead atoms. The van der Waals surface area contributed by atoms with E-state index in [1.165, 1.54) is 12.1 Å². The van der Waals surface area contributed by atoms with Crippen LogP contribution in [-0.2, 0) is 11.3 Å². The standard InChI is InChI=1S/C17H21FN4O2/c1-13-9-16(24-20-13)11-21-5-7-22(8-6-21)12-17(23)19-15-4-2-3-14(18)10-15/h2-4,9-10H,5-8,11-12H2,1H3,(H,19,23). The molecule has 128 valence electrons. The van der Waals surface area contributed by atoms with Gasteiger partial charge in [0.05, 0.1) is 18.8 Å². The highest BCUT2D eigenvalue weighted by Crippen LogP contribution is 2.11. The van der Waals surface area contributed by atoms with Crippen LogP contribution in [0.5, 0.6) is 0 Å². The van der Waals surface area contributed by atoms with E-state index in [0.29, 0.717) is 12.2 Å². The third kappa shape index (κ3) is 4.62. The Hall–Kier alpha value is -2.25. The van der Waals surface area contributed by atoms with Crippen LogP contribution in [-0.4, -0.2) is 53.6 Å². The predicted octanol–water partition coefficient (Wildman–Crippen LogP) is 1.88. The molecule has 1 aliphatic rings. The van der Waals surface area contributed by atoms with Gasteiger partial charge in [-0.3, -0.25) is 14.6 Å². The number of carbonyl (C=O) groups excluding carboxylic acids is 1. The number of carbonyl (C=O) groups is 1. The molecule has 1 aliphatic heterocycles. The number of benzene rings is 1. The first-order valence-electron chi connectivity index (χ1n) is 8.01. The van der Waals surface area contributed by atoms with Crippen molar-refractivity contribution in [3.63, 3.8) is 0 Å². The van der Waals surface area contributed by atoms with Crippen LogP contribution in [0.15, 0.2) is 34.9 Å². The molecule has 1 saturated heterocycles. The predicted molar refractivity (Wildman–Crippen MR) is 88.0 cm³/mol. The van der Waals surface area contributed by atoms with Crippen molar-refractivity contribution < 1.29 is 13.7 Å². The molecule has 1 N–H and O–H groups in total. The lowest BCUT2D eigenvalue weighted by molar-refractivity contribution is -0.117. The molecule has 0 atom stereocenters. The van der Waals surface area contributed by atoms with Gasteiger partial charge in [0, 0.05) is 37.9 Å². The summed E-state index contributed by atoms with van der Waals surface area (Å²) in [5.41, 5.74) is 1.37. The zero-order valence-electron chi connectivity index (χ0n) is 13.7. The maximum absolute atomic E-state index is 13.1. The number of anilines is 1. The van der Waals surface area contributed by atoms with E-state index < -0.39 is 0 Å². The summed E-state index contributed by atoms with van der Waals surface area (Å²) in [6.45, 7) is 6.31. The van der Waals surface area contributed by atoms with Crippen LogP contribution in [0.4, 0.5) is 10.1 Å². The van der Waals surface area contributed by atoms with Crippen LogP contribution in [0.2, 0.25) is 0 Å². The van der Waals surface area contributed by atoms with E-state index in [1.807, 2.05) is 13.0 Å². The SMILES string of the molecule is Cc1cc(CN2CCN(CC(=O)Nc3cccc(F)c3)CC2)on1. The number of aryl methyl sites for hydroxylation is 1. The van der Waals surface area contributed by atoms with E-state index in [1.54, 1.807) is 12.1 Å². The molecular formula is C17H21FN4O2. The molecule has 1 fully saturated rings. The van der Waals surface area contributed by atoms with Crippen LogP contribution < -0.4 is 5.32 Å². The minimum atomic E-state index is -0.357. The molecule has 24 heavy (non-hydrogen) atoms. The Bertz CT molecular complexity index is 695. The van der Waals surface area contributed by atoms with E-state index in [-0.39, 0.29) is 11.7 Å². The summed E-state index contributed by atoms with van der Waals surface area (Å²) in [7, 11) is 0. The first-order chi connectivity index (χ1) is 11.6. The molecule has 2 aromatic rings. The number of hydrogen-bond acceptors (Lipinski definition) is 5. The minimum Gasteiger partial charge on any atom is -0.360 e. The molecule has 3 rings (SSSR count). The average Bonchev–Trinajstić information content (AvgIpc) is 2.94. The topological polar surface area (TPSA) is 61.6 Å². The Balaban J connectivity index is 1.42. The van der Waals surface area contributed by atoms with Crippen LogP contribution in [0.1, 0.15) is 11.5 Å². The van der Waals surface area contributed by atoms with E-state index in [9.17, 15) is 9.18 Å². The fourth-order valence-electron chi connectivity index (χ4n) is 2.79. The van der Waals surface area contributed by atoms with Crippen LogP contribution in [0.3, 0.4) is 0 Å². The molecule has 0 radical (unpaired) electrons. The molecule has 0 saturated carbocycles. The lowest BCUT2D eigenvalue weighted by atomic mass is 10.2. The summed E-state index contributed by atoms with van der Waals surface area (Å²) in [5, 5.41) is 6.62. The van der Waals surface area contributed by atoms with Crippen LogP contribution in [0.25, 0.3) is 0 Å². The molecule has 7 heteroatoms. The van der Waals surface area contributed by atoms with E-state index >= 15 is 0 Å². The highest BCUT2D eigenvalue weighted by atomic mass is 19.1. The quantitative estimate of drug-likeness (QED) is 0.906. The van der Waals surface area contributed by atoms with Crippen LogP contribution >= 0.6 is 0 Å². The monoisotopic (exact) mass is 332 g/mol. The van der Waals surface area contributed by atoms with Gasteiger partial charge in [-0.15, -0.1) is 0 Å². The van der Waals surface area contributed by atoms with Gasteiger partial charge in [-0.05, 0) is 25.1 Å². The summed E-state index contributed by atoms with van der Waals surface area (Å²) in [6.07, 6.45) is 0. The van der Waals surface area contributed by atoms with Crippen molar-refractivity contribution in [2.24, 2.45) is 0 Å². The summed E-state index contributed by atoms with van der Waals surface area (Å²) >= 11 is 0. The van der Waals surface area contributed by atoms with Crippen molar-refractivity contribution in [1.82, 2.24) is 15.0 Å². The normalized spacial score (nSPS) is 16.2. The molecule has 1 aromatic carbocycles. The van der Waals surface area contributed by atoms with Gasteiger partial charge in [0.1, 0.15) is 5.82 Å². The number of aromatic nitrogens is 1. The molecule has 2 heterocycles. The molecule has 1 amide bonds. The Kier molecular flexibility index (Phi) is 5.22. The zero-order chi connectivity index (χ0) is 16.9. The van der Waals surface area contributed by atoms with E-state index in [4.69, 9.17) is 4.52 Å². The molecule has 0 unspecified atom stereocenters. The van der Waals surface area contributed by atoms with Crippen molar-refractivity contribution >= 4 is 11.6 Å². The number of hydrogen-bond donors (Lipinski definition) is 1. The van der Waals surface area contributed by atoms with E-state index in [0.717, 1.165) is 44.2 Å². The first kappa shape index (κ1) is 16.6. The first-order valence-corrected chi connectivity index (χ1v) is 8.01. The summed E-state index contributed by atoms with van der Waals surface area (Å²) in [5.74, 6) is 0.383. The Labute approximate surface area is 140 Å². The maximum Gasteiger partial charge on any atom is 0.238 e. The average molecular weight is 332 g/mol. The lowest BCUT2D eigenvalue weighted by Crippen LogP contribution is -2.48. The molecular weight excluding hydrogens is 311 g/mol. The number of amides is 1. The van der Waals surface area contributed by atoms with Crippen molar-refractivity contribution in [3.8, 4) is 0 Å². The lowest BCUT2D eigenvalue weighted by Gasteiger charge is -2.33. The molecule has 1 aromatic heterocycles. The van der Waals surface area contributed by atoms with Crippen molar-refractivity contribution in [1.29, 1.82) is 0 Å². The van der Waals surface area contributed by atoms with Crippen molar-refractivity contribution in [3.05, 3.63) is 47.6 Å². The minimum absolute atomic E-state index is 0.125. The Morgan fingerprint density at radius 2 is 2.00 bits per heavy atom. The highest BCUT2D eigenvalue weighted by Gasteiger charge is 2.20. The maximum atomic E-state index is 13.1. The summed E-state index contributed by atoms with van der Waals surface area (Å²) in [4.78, 5) is 16.4. The second-order valence-corrected chi connectivity index (χ2v) is 6.05. The Morgan fingerprint density at radius 3 is 2.67 bits per heavy atom. The Morgan fingerprint density at radius 1 is 1.25 bits per heavy atom. The van der Waals surface area contributed by atoms with Crippen molar-refractivity contribution in [2.75, 3.05) is 38.0 Å². The number of piperazine rings is 1. The number of nitrogens with zero attached hydrogens (tertiary/aromatic N) is 3. The van der Waals surface area contributed by atoms with Crippen molar-refractivity contribution in [2.45, 2.75) is 13.5 Å². The second-order valence-electron chi connectivity index (χ2n) is 6.05. The number of nitrogens with one attached hydrogen (secondary N) is 1. The second kappa shape index (κ2) is 7.55. The highest BCUT2D eigenvalue weighted by molar-refractivity contribution is 5.92. The van der Waals surface area contributed by atoms with Gasteiger partial charge in [-0.25, -0.2) is 4.39 Å². The third-order valence-electron chi connectivity index (χ3n) is 4.00. The summed E-state index contributed by atoms with van der Waals surface area (Å²) < 4.78 is 18.4.